The Labute approximate surface area is 204 Å². The van der Waals surface area contributed by atoms with Gasteiger partial charge >= 0.3 is 0 Å². The average molecular weight is 469 g/mol. The summed E-state index contributed by atoms with van der Waals surface area (Å²) < 4.78 is 5.89. The molecule has 1 aliphatic rings. The lowest BCUT2D eigenvalue weighted by Gasteiger charge is -2.26. The topological polar surface area (TPSA) is 91.3 Å². The number of hydrogen-bond acceptors (Lipinski definition) is 5. The van der Waals surface area contributed by atoms with E-state index in [0.717, 1.165) is 41.7 Å². The molecule has 0 saturated carbocycles. The highest BCUT2D eigenvalue weighted by Gasteiger charge is 2.42. The molecule has 2 aromatic carbocycles. The lowest BCUT2D eigenvalue weighted by molar-refractivity contribution is 0.0730. The van der Waals surface area contributed by atoms with Gasteiger partial charge in [-0.25, -0.2) is 0 Å². The molecule has 0 bridgehead atoms. The van der Waals surface area contributed by atoms with Gasteiger partial charge in [0.05, 0.1) is 12.6 Å². The summed E-state index contributed by atoms with van der Waals surface area (Å²) in [7, 11) is 0. The molecule has 2 N–H and O–H groups in total. The van der Waals surface area contributed by atoms with E-state index < -0.39 is 0 Å². The molecule has 1 aliphatic heterocycles. The molecule has 4 aromatic rings. The number of aromatic amines is 1. The van der Waals surface area contributed by atoms with E-state index in [4.69, 9.17) is 4.74 Å². The normalized spacial score (nSPS) is 14.8. The molecule has 7 heteroatoms. The maximum Gasteiger partial charge on any atom is 0.273 e. The number of hydrogen-bond donors (Lipinski definition) is 2. The summed E-state index contributed by atoms with van der Waals surface area (Å²) in [4.78, 5) is 19.5. The van der Waals surface area contributed by atoms with Crippen LogP contribution >= 0.6 is 0 Å². The van der Waals surface area contributed by atoms with Gasteiger partial charge in [-0.05, 0) is 53.9 Å². The van der Waals surface area contributed by atoms with Gasteiger partial charge in [0.25, 0.3) is 5.91 Å². The zero-order chi connectivity index (χ0) is 24.2. The van der Waals surface area contributed by atoms with Crippen LogP contribution < -0.4 is 4.74 Å². The van der Waals surface area contributed by atoms with Crippen molar-refractivity contribution in [3.63, 3.8) is 0 Å². The molecule has 3 heterocycles. The number of aromatic nitrogens is 3. The Morgan fingerprint density at radius 2 is 1.80 bits per heavy atom. The van der Waals surface area contributed by atoms with Gasteiger partial charge < -0.3 is 14.7 Å². The van der Waals surface area contributed by atoms with Crippen LogP contribution in [-0.2, 0) is 6.54 Å². The quantitative estimate of drug-likeness (QED) is 0.317. The summed E-state index contributed by atoms with van der Waals surface area (Å²) in [6.07, 6.45) is 6.77. The fraction of sp³-hybridized carbons (Fsp3) is 0.250. The molecule has 0 radical (unpaired) electrons. The summed E-state index contributed by atoms with van der Waals surface area (Å²) in [6, 6.07) is 18.4. The Kier molecular flexibility index (Phi) is 6.48. The third-order valence-electron chi connectivity index (χ3n) is 6.34. The molecule has 1 amide bonds. The molecular weight excluding hydrogens is 440 g/mol. The number of carbonyl (C=O) groups excluding carboxylic acids is 1. The zero-order valence-electron chi connectivity index (χ0n) is 19.6. The predicted molar refractivity (Wildman–Crippen MR) is 133 cm³/mol. The van der Waals surface area contributed by atoms with E-state index in [2.05, 4.69) is 22.1 Å². The van der Waals surface area contributed by atoms with Gasteiger partial charge in [0.2, 0.25) is 0 Å². The first-order chi connectivity index (χ1) is 17.2. The van der Waals surface area contributed by atoms with Gasteiger partial charge in [-0.1, -0.05) is 44.0 Å². The summed E-state index contributed by atoms with van der Waals surface area (Å²) in [5, 5.41) is 17.9. The van der Waals surface area contributed by atoms with Gasteiger partial charge in [0, 0.05) is 30.1 Å². The fourth-order valence-electron chi connectivity index (χ4n) is 4.56. The Bertz CT molecular complexity index is 1300. The van der Waals surface area contributed by atoms with Gasteiger partial charge in [-0.15, -0.1) is 0 Å². The number of fused-ring (bicyclic) bond motifs is 1. The number of carbonyl (C=O) groups is 1. The van der Waals surface area contributed by atoms with Crippen LogP contribution in [0.25, 0.3) is 11.3 Å². The van der Waals surface area contributed by atoms with E-state index in [1.807, 2.05) is 53.4 Å². The second kappa shape index (κ2) is 10.0. The average Bonchev–Trinajstić information content (AvgIpc) is 3.42. The SMILES string of the molecule is CCCCCOc1ccc(C2c3c(-c4ccccc4O)n[nH]c3C(=O)N2Cc2ccncc2)cc1. The Morgan fingerprint density at radius 1 is 1.03 bits per heavy atom. The van der Waals surface area contributed by atoms with Crippen molar-refractivity contribution in [2.75, 3.05) is 6.61 Å². The van der Waals surface area contributed by atoms with E-state index in [1.54, 1.807) is 24.5 Å². The maximum absolute atomic E-state index is 13.5. The fourth-order valence-corrected chi connectivity index (χ4v) is 4.56. The smallest absolute Gasteiger partial charge is 0.273 e. The highest BCUT2D eigenvalue weighted by atomic mass is 16.5. The van der Waals surface area contributed by atoms with E-state index in [1.165, 1.54) is 0 Å². The summed E-state index contributed by atoms with van der Waals surface area (Å²) in [5.41, 5.74) is 4.31. The number of para-hydroxylation sites is 1. The second-order valence-electron chi connectivity index (χ2n) is 8.69. The Morgan fingerprint density at radius 3 is 2.54 bits per heavy atom. The van der Waals surface area contributed by atoms with Crippen LogP contribution in [0.3, 0.4) is 0 Å². The number of aromatic hydroxyl groups is 1. The standard InChI is InChI=1S/C28H28N4O3/c1-2-3-6-17-35-21-11-9-20(10-12-21)27-24-25(22-7-4-5-8-23(22)33)30-31-26(24)28(34)32(27)18-19-13-15-29-16-14-19/h4-5,7-16,27,33H,2-3,6,17-18H2,1H3,(H,30,31). The van der Waals surface area contributed by atoms with Crippen LogP contribution in [0.15, 0.2) is 73.1 Å². The van der Waals surface area contributed by atoms with Crippen LogP contribution in [0.5, 0.6) is 11.5 Å². The van der Waals surface area contributed by atoms with Crippen molar-refractivity contribution < 1.29 is 14.6 Å². The first-order valence-electron chi connectivity index (χ1n) is 12.0. The van der Waals surface area contributed by atoms with E-state index in [-0.39, 0.29) is 17.7 Å². The van der Waals surface area contributed by atoms with Crippen molar-refractivity contribution in [2.45, 2.75) is 38.8 Å². The molecule has 0 fully saturated rings. The Balaban J connectivity index is 1.53. The number of nitrogens with one attached hydrogen (secondary N) is 1. The summed E-state index contributed by atoms with van der Waals surface area (Å²) in [5.74, 6) is 0.801. The summed E-state index contributed by atoms with van der Waals surface area (Å²) >= 11 is 0. The van der Waals surface area contributed by atoms with Gasteiger partial charge in [-0.3, -0.25) is 14.9 Å². The molecule has 7 nitrogen and oxygen atoms in total. The number of benzene rings is 2. The number of rotatable bonds is 9. The van der Waals surface area contributed by atoms with Gasteiger partial charge in [0.1, 0.15) is 22.9 Å². The van der Waals surface area contributed by atoms with Crippen molar-refractivity contribution >= 4 is 5.91 Å². The first-order valence-corrected chi connectivity index (χ1v) is 12.0. The second-order valence-corrected chi connectivity index (χ2v) is 8.69. The minimum absolute atomic E-state index is 0.122. The van der Waals surface area contributed by atoms with E-state index >= 15 is 0 Å². The molecule has 35 heavy (non-hydrogen) atoms. The molecule has 0 aliphatic carbocycles. The molecule has 1 atom stereocenters. The number of phenols is 1. The van der Waals surface area contributed by atoms with Crippen LogP contribution in [0.4, 0.5) is 0 Å². The lowest BCUT2D eigenvalue weighted by Crippen LogP contribution is -2.29. The number of H-pyrrole nitrogens is 1. The third kappa shape index (κ3) is 4.49. The van der Waals surface area contributed by atoms with Crippen LogP contribution in [0.2, 0.25) is 0 Å². The minimum atomic E-state index is -0.367. The van der Waals surface area contributed by atoms with Crippen molar-refractivity contribution in [1.82, 2.24) is 20.1 Å². The van der Waals surface area contributed by atoms with Crippen molar-refractivity contribution in [1.29, 1.82) is 0 Å². The first kappa shape index (κ1) is 22.7. The molecule has 178 valence electrons. The summed E-state index contributed by atoms with van der Waals surface area (Å²) in [6.45, 7) is 3.28. The van der Waals surface area contributed by atoms with Crippen molar-refractivity contribution in [2.24, 2.45) is 0 Å². The number of nitrogens with zero attached hydrogens (tertiary/aromatic N) is 3. The van der Waals surface area contributed by atoms with Crippen molar-refractivity contribution in [3.8, 4) is 22.8 Å². The van der Waals surface area contributed by atoms with Gasteiger partial charge in [-0.2, -0.15) is 5.10 Å². The Hall–Kier alpha value is -4.13. The van der Waals surface area contributed by atoms with E-state index in [9.17, 15) is 9.90 Å². The largest absolute Gasteiger partial charge is 0.507 e. The monoisotopic (exact) mass is 468 g/mol. The van der Waals surface area contributed by atoms with Crippen LogP contribution in [-0.4, -0.2) is 37.7 Å². The highest BCUT2D eigenvalue weighted by Crippen LogP contribution is 2.45. The molecule has 0 saturated heterocycles. The van der Waals surface area contributed by atoms with Crippen LogP contribution in [0, 0.1) is 0 Å². The highest BCUT2D eigenvalue weighted by molar-refractivity contribution is 6.00. The predicted octanol–water partition coefficient (Wildman–Crippen LogP) is 5.49. The number of amides is 1. The molecule has 2 aromatic heterocycles. The van der Waals surface area contributed by atoms with Gasteiger partial charge in [0.15, 0.2) is 0 Å². The number of unbranched alkanes of at least 4 members (excludes halogenated alkanes) is 2. The minimum Gasteiger partial charge on any atom is -0.507 e. The number of phenolic OH excluding ortho intramolecular Hbond substituents is 1. The van der Waals surface area contributed by atoms with E-state index in [0.29, 0.717) is 30.1 Å². The number of pyridine rings is 1. The van der Waals surface area contributed by atoms with Crippen molar-refractivity contribution in [3.05, 3.63) is 95.4 Å². The molecule has 1 unspecified atom stereocenters. The lowest BCUT2D eigenvalue weighted by atomic mass is 9.95. The van der Waals surface area contributed by atoms with Crippen LogP contribution in [0.1, 0.15) is 59.4 Å². The number of ether oxygens (including phenoxy) is 1. The maximum atomic E-state index is 13.5. The molecule has 0 spiro atoms. The molecular formula is C28H28N4O3. The third-order valence-corrected chi connectivity index (χ3v) is 6.34. The zero-order valence-corrected chi connectivity index (χ0v) is 19.6. The molecule has 5 rings (SSSR count).